The lowest BCUT2D eigenvalue weighted by molar-refractivity contribution is -0.125. The van der Waals surface area contributed by atoms with Crippen molar-refractivity contribution in [1.29, 1.82) is 0 Å². The fourth-order valence-corrected chi connectivity index (χ4v) is 2.69. The van der Waals surface area contributed by atoms with Crippen LogP contribution in [-0.4, -0.2) is 24.6 Å². The summed E-state index contributed by atoms with van der Waals surface area (Å²) in [6.07, 6.45) is 1.60. The van der Waals surface area contributed by atoms with E-state index in [4.69, 9.17) is 10.5 Å². The molecule has 2 aromatic carbocycles. The van der Waals surface area contributed by atoms with Crippen LogP contribution in [0.2, 0.25) is 0 Å². The third-order valence-corrected chi connectivity index (χ3v) is 4.48. The fraction of sp³-hybridized carbons (Fsp3) is 0.350. The van der Waals surface area contributed by atoms with Crippen LogP contribution in [0.1, 0.15) is 26.7 Å². The van der Waals surface area contributed by atoms with Crippen molar-refractivity contribution in [2.24, 2.45) is 5.73 Å². The molecule has 0 atom stereocenters. The number of halogens is 1. The van der Waals surface area contributed by atoms with E-state index < -0.39 is 0 Å². The zero-order valence-electron chi connectivity index (χ0n) is 14.8. The van der Waals surface area contributed by atoms with Gasteiger partial charge in [0.1, 0.15) is 5.75 Å². The molecule has 0 aromatic heterocycles. The molecule has 0 heterocycles. The largest absolute Gasteiger partial charge is 0.483 e. The van der Waals surface area contributed by atoms with Crippen LogP contribution in [-0.2, 0) is 4.79 Å². The van der Waals surface area contributed by atoms with Crippen molar-refractivity contribution in [1.82, 2.24) is 5.32 Å². The van der Waals surface area contributed by atoms with Gasteiger partial charge in [-0.05, 0) is 24.5 Å². The third kappa shape index (κ3) is 5.48. The molecule has 0 aliphatic carbocycles. The van der Waals surface area contributed by atoms with E-state index in [1.165, 1.54) is 0 Å². The molecule has 0 aliphatic heterocycles. The number of carbonyl (C=O) groups excluding carboxylic acids is 1. The van der Waals surface area contributed by atoms with Crippen LogP contribution in [0.25, 0.3) is 11.1 Å². The summed E-state index contributed by atoms with van der Waals surface area (Å²) < 4.78 is 5.78. The molecule has 0 fully saturated rings. The van der Waals surface area contributed by atoms with Gasteiger partial charge in [-0.3, -0.25) is 4.79 Å². The average molecular weight is 363 g/mol. The molecule has 2 rings (SSSR count). The maximum atomic E-state index is 12.3. The predicted octanol–water partition coefficient (Wildman–Crippen LogP) is 3.79. The topological polar surface area (TPSA) is 64.3 Å². The van der Waals surface area contributed by atoms with Gasteiger partial charge in [-0.25, -0.2) is 0 Å². The van der Waals surface area contributed by atoms with E-state index in [-0.39, 0.29) is 30.5 Å². The Hall–Kier alpha value is -2.04. The molecule has 0 saturated heterocycles. The van der Waals surface area contributed by atoms with Gasteiger partial charge in [-0.15, -0.1) is 12.4 Å². The average Bonchev–Trinajstić information content (AvgIpc) is 2.65. The quantitative estimate of drug-likeness (QED) is 0.750. The zero-order valence-corrected chi connectivity index (χ0v) is 15.6. The number of rotatable bonds is 8. The molecule has 0 radical (unpaired) electrons. The number of carbonyl (C=O) groups is 1. The number of para-hydroxylation sites is 1. The molecule has 1 amide bonds. The fourth-order valence-electron chi connectivity index (χ4n) is 2.69. The summed E-state index contributed by atoms with van der Waals surface area (Å²) in [5, 5.41) is 3.02. The summed E-state index contributed by atoms with van der Waals surface area (Å²) >= 11 is 0. The van der Waals surface area contributed by atoms with E-state index in [1.54, 1.807) is 0 Å². The van der Waals surface area contributed by atoms with Crippen molar-refractivity contribution in [2.45, 2.75) is 32.2 Å². The molecule has 0 spiro atoms. The van der Waals surface area contributed by atoms with E-state index in [2.05, 4.69) is 5.32 Å². The first-order valence-corrected chi connectivity index (χ1v) is 8.42. The highest BCUT2D eigenvalue weighted by molar-refractivity contribution is 5.85. The lowest BCUT2D eigenvalue weighted by atomic mass is 9.93. The molecule has 25 heavy (non-hydrogen) atoms. The maximum absolute atomic E-state index is 12.3. The smallest absolute Gasteiger partial charge is 0.258 e. The van der Waals surface area contributed by atoms with Crippen LogP contribution >= 0.6 is 12.4 Å². The first kappa shape index (κ1) is 21.0. The first-order valence-electron chi connectivity index (χ1n) is 8.42. The summed E-state index contributed by atoms with van der Waals surface area (Å²) in [4.78, 5) is 12.3. The number of hydrogen-bond acceptors (Lipinski definition) is 3. The van der Waals surface area contributed by atoms with Gasteiger partial charge >= 0.3 is 0 Å². The van der Waals surface area contributed by atoms with E-state index >= 15 is 0 Å². The molecule has 136 valence electrons. The van der Waals surface area contributed by atoms with E-state index in [9.17, 15) is 4.79 Å². The predicted molar refractivity (Wildman–Crippen MR) is 105 cm³/mol. The Balaban J connectivity index is 0.00000312. The van der Waals surface area contributed by atoms with Crippen molar-refractivity contribution in [3.05, 3.63) is 54.6 Å². The van der Waals surface area contributed by atoms with Gasteiger partial charge in [0.2, 0.25) is 0 Å². The van der Waals surface area contributed by atoms with Crippen LogP contribution in [0.4, 0.5) is 0 Å². The molecule has 4 nitrogen and oxygen atoms in total. The third-order valence-electron chi connectivity index (χ3n) is 4.48. The van der Waals surface area contributed by atoms with Crippen molar-refractivity contribution in [2.75, 3.05) is 13.2 Å². The summed E-state index contributed by atoms with van der Waals surface area (Å²) in [5.74, 6) is 0.553. The van der Waals surface area contributed by atoms with E-state index in [1.807, 2.05) is 68.4 Å². The van der Waals surface area contributed by atoms with Gasteiger partial charge in [0, 0.05) is 12.1 Å². The Morgan fingerprint density at radius 2 is 1.64 bits per heavy atom. The number of ether oxygens (including phenoxy) is 1. The van der Waals surface area contributed by atoms with Crippen LogP contribution in [0, 0.1) is 0 Å². The second kappa shape index (κ2) is 10.1. The van der Waals surface area contributed by atoms with Gasteiger partial charge in [-0.1, -0.05) is 62.4 Å². The maximum Gasteiger partial charge on any atom is 0.258 e. The normalized spacial score (nSPS) is 10.7. The van der Waals surface area contributed by atoms with Crippen LogP contribution in [0.3, 0.4) is 0 Å². The van der Waals surface area contributed by atoms with Crippen molar-refractivity contribution in [3.8, 4) is 16.9 Å². The zero-order chi connectivity index (χ0) is 17.4. The lowest BCUT2D eigenvalue weighted by Gasteiger charge is -2.31. The standard InChI is InChI=1S/C20H26N2O2.ClH/c1-3-20(4-2,15-21)22-19(23)14-24-18-13-9-8-12-17(18)16-10-6-5-7-11-16;/h5-13H,3-4,14-15,21H2,1-2H3,(H,22,23);1H. The molecule has 2 aromatic rings. The lowest BCUT2D eigenvalue weighted by Crippen LogP contribution is -2.54. The minimum atomic E-state index is -0.348. The van der Waals surface area contributed by atoms with Crippen LogP contribution in [0.5, 0.6) is 5.75 Å². The number of amides is 1. The van der Waals surface area contributed by atoms with Crippen LogP contribution < -0.4 is 15.8 Å². The molecule has 0 aliphatic rings. The van der Waals surface area contributed by atoms with Crippen molar-refractivity contribution in [3.63, 3.8) is 0 Å². The highest BCUT2D eigenvalue weighted by Crippen LogP contribution is 2.29. The summed E-state index contributed by atoms with van der Waals surface area (Å²) in [6.45, 7) is 4.46. The summed E-state index contributed by atoms with van der Waals surface area (Å²) in [5.41, 5.74) is 7.52. The van der Waals surface area contributed by atoms with E-state index in [0.717, 1.165) is 24.0 Å². The number of nitrogens with one attached hydrogen (secondary N) is 1. The molecular formula is C20H27ClN2O2. The van der Waals surface area contributed by atoms with E-state index in [0.29, 0.717) is 12.3 Å². The highest BCUT2D eigenvalue weighted by Gasteiger charge is 2.26. The minimum Gasteiger partial charge on any atom is -0.483 e. The Bertz CT molecular complexity index is 649. The van der Waals surface area contributed by atoms with Crippen molar-refractivity contribution >= 4 is 18.3 Å². The molecule has 5 heteroatoms. The Morgan fingerprint density at radius 1 is 1.04 bits per heavy atom. The Kier molecular flexibility index (Phi) is 8.46. The molecule has 0 bridgehead atoms. The first-order chi connectivity index (χ1) is 11.6. The second-order valence-electron chi connectivity index (χ2n) is 5.89. The summed E-state index contributed by atoms with van der Waals surface area (Å²) in [6, 6.07) is 17.7. The Labute approximate surface area is 156 Å². The number of nitrogens with two attached hydrogens (primary N) is 1. The van der Waals surface area contributed by atoms with Crippen molar-refractivity contribution < 1.29 is 9.53 Å². The molecule has 3 N–H and O–H groups in total. The van der Waals surface area contributed by atoms with Gasteiger partial charge in [0.25, 0.3) is 5.91 Å². The van der Waals surface area contributed by atoms with Gasteiger partial charge in [0.05, 0.1) is 5.54 Å². The number of hydrogen-bond donors (Lipinski definition) is 2. The second-order valence-corrected chi connectivity index (χ2v) is 5.89. The molecular weight excluding hydrogens is 336 g/mol. The highest BCUT2D eigenvalue weighted by atomic mass is 35.5. The minimum absolute atomic E-state index is 0. The number of benzene rings is 2. The van der Waals surface area contributed by atoms with Gasteiger partial charge in [-0.2, -0.15) is 0 Å². The molecule has 0 saturated carbocycles. The van der Waals surface area contributed by atoms with Gasteiger partial charge < -0.3 is 15.8 Å². The Morgan fingerprint density at radius 3 is 2.24 bits per heavy atom. The van der Waals surface area contributed by atoms with Crippen LogP contribution in [0.15, 0.2) is 54.6 Å². The SMILES string of the molecule is CCC(CC)(CN)NC(=O)COc1ccccc1-c1ccccc1.Cl. The monoisotopic (exact) mass is 362 g/mol. The summed E-state index contributed by atoms with van der Waals surface area (Å²) in [7, 11) is 0. The molecule has 0 unspecified atom stereocenters. The van der Waals surface area contributed by atoms with Gasteiger partial charge in [0.15, 0.2) is 6.61 Å².